The molecule has 6 nitrogen and oxygen atoms in total. The highest BCUT2D eigenvalue weighted by Crippen LogP contribution is 2.10. The van der Waals surface area contributed by atoms with Crippen LogP contribution in [0.2, 0.25) is 0 Å². The van der Waals surface area contributed by atoms with E-state index in [1.807, 2.05) is 0 Å². The number of rotatable bonds is 12. The van der Waals surface area contributed by atoms with E-state index in [4.69, 9.17) is 9.73 Å². The SMILES string of the molecule is CCCN(CC)CCN=C(NCC)NC1CCN(CCOC(C)C)CC1. The quantitative estimate of drug-likeness (QED) is 0.408. The number of nitrogens with one attached hydrogen (secondary N) is 2. The topological polar surface area (TPSA) is 52.1 Å². The Kier molecular flexibility index (Phi) is 12.7. The molecule has 1 fully saturated rings. The van der Waals surface area contributed by atoms with Crippen LogP contribution in [0.1, 0.15) is 53.9 Å². The zero-order chi connectivity index (χ0) is 19.2. The van der Waals surface area contributed by atoms with Gasteiger partial charge in [0.25, 0.3) is 0 Å². The molecule has 0 radical (unpaired) electrons. The Morgan fingerprint density at radius 3 is 2.50 bits per heavy atom. The molecule has 0 aromatic heterocycles. The number of likely N-dealkylation sites (N-methyl/N-ethyl adjacent to an activating group) is 1. The van der Waals surface area contributed by atoms with E-state index in [1.54, 1.807) is 0 Å². The van der Waals surface area contributed by atoms with Gasteiger partial charge in [0.2, 0.25) is 0 Å². The lowest BCUT2D eigenvalue weighted by molar-refractivity contribution is 0.0532. The summed E-state index contributed by atoms with van der Waals surface area (Å²) < 4.78 is 5.67. The summed E-state index contributed by atoms with van der Waals surface area (Å²) in [4.78, 5) is 9.76. The molecular formula is C20H43N5O. The normalized spacial score (nSPS) is 17.3. The van der Waals surface area contributed by atoms with Gasteiger partial charge in [-0.3, -0.25) is 4.99 Å². The summed E-state index contributed by atoms with van der Waals surface area (Å²) >= 11 is 0. The molecule has 0 saturated carbocycles. The largest absolute Gasteiger partial charge is 0.377 e. The van der Waals surface area contributed by atoms with Gasteiger partial charge in [-0.15, -0.1) is 0 Å². The lowest BCUT2D eigenvalue weighted by Crippen LogP contribution is -2.49. The molecule has 0 aromatic carbocycles. The van der Waals surface area contributed by atoms with Gasteiger partial charge in [0.1, 0.15) is 0 Å². The van der Waals surface area contributed by atoms with E-state index in [-0.39, 0.29) is 0 Å². The standard InChI is InChI=1S/C20H43N5O/c1-6-12-24(8-3)15-11-22-20(21-7-2)23-19-9-13-25(14-10-19)16-17-26-18(4)5/h18-19H,6-17H2,1-5H3,(H2,21,22,23). The molecule has 1 saturated heterocycles. The van der Waals surface area contributed by atoms with E-state index in [1.165, 1.54) is 19.3 Å². The maximum atomic E-state index is 5.67. The van der Waals surface area contributed by atoms with Crippen molar-refractivity contribution in [3.63, 3.8) is 0 Å². The fourth-order valence-corrected chi connectivity index (χ4v) is 3.28. The summed E-state index contributed by atoms with van der Waals surface area (Å²) in [5, 5.41) is 7.04. The third-order valence-electron chi connectivity index (χ3n) is 4.80. The second kappa shape index (κ2) is 14.2. The molecule has 6 heteroatoms. The molecule has 1 aliphatic rings. The van der Waals surface area contributed by atoms with Gasteiger partial charge >= 0.3 is 0 Å². The molecule has 0 amide bonds. The van der Waals surface area contributed by atoms with Crippen LogP contribution in [0.15, 0.2) is 4.99 Å². The summed E-state index contributed by atoms with van der Waals surface area (Å²) in [6.07, 6.45) is 3.87. The Hall–Kier alpha value is -0.850. The first-order chi connectivity index (χ1) is 12.6. The summed E-state index contributed by atoms with van der Waals surface area (Å²) in [6, 6.07) is 0.521. The Labute approximate surface area is 161 Å². The molecule has 1 heterocycles. The molecule has 0 spiro atoms. The number of hydrogen-bond acceptors (Lipinski definition) is 4. The van der Waals surface area contributed by atoms with Gasteiger partial charge in [0.05, 0.1) is 19.3 Å². The summed E-state index contributed by atoms with van der Waals surface area (Å²) in [5.41, 5.74) is 0. The number of piperidine rings is 1. The summed E-state index contributed by atoms with van der Waals surface area (Å²) in [6.45, 7) is 20.0. The zero-order valence-corrected chi connectivity index (χ0v) is 17.9. The Morgan fingerprint density at radius 1 is 1.19 bits per heavy atom. The minimum Gasteiger partial charge on any atom is -0.377 e. The molecule has 0 aromatic rings. The van der Waals surface area contributed by atoms with Gasteiger partial charge in [0.15, 0.2) is 5.96 Å². The fourth-order valence-electron chi connectivity index (χ4n) is 3.28. The van der Waals surface area contributed by atoms with Crippen LogP contribution in [-0.2, 0) is 4.74 Å². The molecule has 0 atom stereocenters. The van der Waals surface area contributed by atoms with Gasteiger partial charge in [-0.2, -0.15) is 0 Å². The minimum absolute atomic E-state index is 0.328. The van der Waals surface area contributed by atoms with E-state index in [2.05, 4.69) is 55.1 Å². The predicted molar refractivity (Wildman–Crippen MR) is 112 cm³/mol. The van der Waals surface area contributed by atoms with Crippen LogP contribution in [0.4, 0.5) is 0 Å². The summed E-state index contributed by atoms with van der Waals surface area (Å²) in [7, 11) is 0. The second-order valence-electron chi connectivity index (χ2n) is 7.37. The molecule has 2 N–H and O–H groups in total. The molecule has 0 unspecified atom stereocenters. The molecule has 1 aliphatic heterocycles. The monoisotopic (exact) mass is 369 g/mol. The van der Waals surface area contributed by atoms with Crippen molar-refractivity contribution in [1.29, 1.82) is 0 Å². The number of hydrogen-bond donors (Lipinski definition) is 2. The first-order valence-electron chi connectivity index (χ1n) is 10.7. The minimum atomic E-state index is 0.328. The van der Waals surface area contributed by atoms with Crippen LogP contribution in [0.3, 0.4) is 0 Å². The van der Waals surface area contributed by atoms with E-state index in [0.717, 1.165) is 64.9 Å². The van der Waals surface area contributed by atoms with Crippen molar-refractivity contribution in [3.8, 4) is 0 Å². The van der Waals surface area contributed by atoms with Crippen LogP contribution in [0, 0.1) is 0 Å². The number of guanidine groups is 1. The fraction of sp³-hybridized carbons (Fsp3) is 0.950. The van der Waals surface area contributed by atoms with Crippen molar-refractivity contribution < 1.29 is 4.74 Å². The number of ether oxygens (including phenoxy) is 1. The first-order valence-corrected chi connectivity index (χ1v) is 10.7. The maximum absolute atomic E-state index is 5.67. The van der Waals surface area contributed by atoms with Crippen LogP contribution in [0.25, 0.3) is 0 Å². The van der Waals surface area contributed by atoms with Gasteiger partial charge in [-0.25, -0.2) is 0 Å². The smallest absolute Gasteiger partial charge is 0.191 e. The van der Waals surface area contributed by atoms with Gasteiger partial charge in [-0.05, 0) is 53.1 Å². The van der Waals surface area contributed by atoms with Crippen molar-refractivity contribution in [1.82, 2.24) is 20.4 Å². The molecule has 0 aliphatic carbocycles. The van der Waals surface area contributed by atoms with Crippen LogP contribution >= 0.6 is 0 Å². The Balaban J connectivity index is 2.33. The van der Waals surface area contributed by atoms with Gasteiger partial charge in [-0.1, -0.05) is 13.8 Å². The van der Waals surface area contributed by atoms with Crippen LogP contribution < -0.4 is 10.6 Å². The van der Waals surface area contributed by atoms with E-state index in [0.29, 0.717) is 12.1 Å². The number of nitrogens with zero attached hydrogens (tertiary/aromatic N) is 3. The molecule has 154 valence electrons. The third-order valence-corrected chi connectivity index (χ3v) is 4.80. The lowest BCUT2D eigenvalue weighted by atomic mass is 10.1. The number of aliphatic imine (C=N–C) groups is 1. The number of likely N-dealkylation sites (tertiary alicyclic amines) is 1. The first kappa shape index (κ1) is 23.2. The Morgan fingerprint density at radius 2 is 1.92 bits per heavy atom. The predicted octanol–water partition coefficient (Wildman–Crippen LogP) is 2.16. The molecular weight excluding hydrogens is 326 g/mol. The van der Waals surface area contributed by atoms with Crippen molar-refractivity contribution in [2.24, 2.45) is 4.99 Å². The van der Waals surface area contributed by atoms with Gasteiger partial charge < -0.3 is 25.2 Å². The molecule has 26 heavy (non-hydrogen) atoms. The van der Waals surface area contributed by atoms with Crippen molar-refractivity contribution in [3.05, 3.63) is 0 Å². The van der Waals surface area contributed by atoms with E-state index in [9.17, 15) is 0 Å². The lowest BCUT2D eigenvalue weighted by Gasteiger charge is -2.33. The van der Waals surface area contributed by atoms with Gasteiger partial charge in [0, 0.05) is 38.8 Å². The second-order valence-corrected chi connectivity index (χ2v) is 7.37. The van der Waals surface area contributed by atoms with Crippen LogP contribution in [0.5, 0.6) is 0 Å². The highest BCUT2D eigenvalue weighted by Gasteiger charge is 2.19. The van der Waals surface area contributed by atoms with E-state index >= 15 is 0 Å². The van der Waals surface area contributed by atoms with Crippen molar-refractivity contribution in [2.45, 2.75) is 66.0 Å². The van der Waals surface area contributed by atoms with E-state index < -0.39 is 0 Å². The van der Waals surface area contributed by atoms with Crippen LogP contribution in [-0.4, -0.2) is 86.9 Å². The third kappa shape index (κ3) is 10.3. The molecule has 1 rings (SSSR count). The summed E-state index contributed by atoms with van der Waals surface area (Å²) in [5.74, 6) is 0.974. The Bertz CT molecular complexity index is 367. The highest BCUT2D eigenvalue weighted by atomic mass is 16.5. The van der Waals surface area contributed by atoms with Crippen molar-refractivity contribution >= 4 is 5.96 Å². The highest BCUT2D eigenvalue weighted by molar-refractivity contribution is 5.80. The zero-order valence-electron chi connectivity index (χ0n) is 17.9. The average molecular weight is 370 g/mol. The average Bonchev–Trinajstić information content (AvgIpc) is 2.62. The molecule has 0 bridgehead atoms. The van der Waals surface area contributed by atoms with Crippen molar-refractivity contribution in [2.75, 3.05) is 59.0 Å². The maximum Gasteiger partial charge on any atom is 0.191 e.